The van der Waals surface area contributed by atoms with E-state index in [4.69, 9.17) is 14.2 Å². The maximum atomic E-state index is 13.9. The van der Waals surface area contributed by atoms with Gasteiger partial charge in [-0.1, -0.05) is 24.3 Å². The van der Waals surface area contributed by atoms with Crippen LogP contribution in [0.5, 0.6) is 17.2 Å². The van der Waals surface area contributed by atoms with Crippen molar-refractivity contribution in [2.24, 2.45) is 0 Å². The highest BCUT2D eigenvalue weighted by Gasteiger charge is 2.57. The third kappa shape index (κ3) is 2.93. The minimum absolute atomic E-state index is 0.0833. The number of benzene rings is 3. The van der Waals surface area contributed by atoms with Crippen LogP contribution in [0.3, 0.4) is 0 Å². The number of halogens is 2. The number of carbonyl (C=O) groups is 2. The fourth-order valence-corrected chi connectivity index (χ4v) is 4.78. The highest BCUT2D eigenvalue weighted by atomic mass is 19.1. The highest BCUT2D eigenvalue weighted by molar-refractivity contribution is 6.13. The van der Waals surface area contributed by atoms with E-state index in [-0.39, 0.29) is 38.0 Å². The van der Waals surface area contributed by atoms with Crippen molar-refractivity contribution in [1.82, 2.24) is 5.32 Å². The molecule has 3 aromatic rings. The molecule has 1 spiro atoms. The predicted octanol–water partition coefficient (Wildman–Crippen LogP) is 3.04. The van der Waals surface area contributed by atoms with Gasteiger partial charge >= 0.3 is 0 Å². The summed E-state index contributed by atoms with van der Waals surface area (Å²) in [5.41, 5.74) is 1.02. The summed E-state index contributed by atoms with van der Waals surface area (Å²) in [6.07, 6.45) is 0. The molecule has 9 heteroatoms. The number of rotatable bonds is 4. The third-order valence-corrected chi connectivity index (χ3v) is 6.44. The Hall–Kier alpha value is -4.14. The Balaban J connectivity index is 1.29. The molecular formula is C25H18F2N2O5. The summed E-state index contributed by atoms with van der Waals surface area (Å²) in [5.74, 6) is -0.599. The molecule has 6 rings (SSSR count). The first-order valence-corrected chi connectivity index (χ1v) is 10.7. The lowest BCUT2D eigenvalue weighted by atomic mass is 9.77. The normalized spacial score (nSPS) is 19.2. The van der Waals surface area contributed by atoms with Gasteiger partial charge in [0.15, 0.2) is 11.5 Å². The van der Waals surface area contributed by atoms with E-state index in [1.165, 1.54) is 11.0 Å². The largest absolute Gasteiger partial charge is 0.491 e. The SMILES string of the molecule is O=C(CN1C(=O)C2(COc3cc4c(cc32)OCO4)c2ccccc21)NCc1ccc(F)cc1F. The van der Waals surface area contributed by atoms with Crippen LogP contribution in [0.2, 0.25) is 0 Å². The Morgan fingerprint density at radius 3 is 2.59 bits per heavy atom. The molecule has 7 nitrogen and oxygen atoms in total. The number of amides is 2. The molecule has 3 aliphatic heterocycles. The van der Waals surface area contributed by atoms with Gasteiger partial charge < -0.3 is 24.4 Å². The van der Waals surface area contributed by atoms with E-state index >= 15 is 0 Å². The molecule has 3 aliphatic rings. The van der Waals surface area contributed by atoms with Gasteiger partial charge in [0.1, 0.15) is 36.0 Å². The summed E-state index contributed by atoms with van der Waals surface area (Å²) in [6.45, 7) is -0.216. The molecular weight excluding hydrogens is 446 g/mol. The van der Waals surface area contributed by atoms with E-state index in [1.807, 2.05) is 12.1 Å². The van der Waals surface area contributed by atoms with E-state index in [1.54, 1.807) is 24.3 Å². The highest BCUT2D eigenvalue weighted by Crippen LogP contribution is 2.54. The minimum Gasteiger partial charge on any atom is -0.491 e. The van der Waals surface area contributed by atoms with Crippen LogP contribution in [0, 0.1) is 11.6 Å². The van der Waals surface area contributed by atoms with E-state index in [9.17, 15) is 18.4 Å². The number of hydrogen-bond donors (Lipinski definition) is 1. The van der Waals surface area contributed by atoms with Crippen LogP contribution < -0.4 is 24.4 Å². The summed E-state index contributed by atoms with van der Waals surface area (Å²) in [7, 11) is 0. The van der Waals surface area contributed by atoms with Gasteiger partial charge in [-0.25, -0.2) is 8.78 Å². The fraction of sp³-hybridized carbons (Fsp3) is 0.200. The number of anilines is 1. The second-order valence-electron chi connectivity index (χ2n) is 8.32. The summed E-state index contributed by atoms with van der Waals surface area (Å²) in [6, 6.07) is 13.9. The number of nitrogens with zero attached hydrogens (tertiary/aromatic N) is 1. The zero-order chi connectivity index (χ0) is 23.4. The molecule has 1 N–H and O–H groups in total. The summed E-state index contributed by atoms with van der Waals surface area (Å²) >= 11 is 0. The third-order valence-electron chi connectivity index (χ3n) is 6.44. The van der Waals surface area contributed by atoms with Crippen molar-refractivity contribution in [3.63, 3.8) is 0 Å². The molecule has 0 bridgehead atoms. The van der Waals surface area contributed by atoms with Crippen LogP contribution in [-0.4, -0.2) is 31.8 Å². The van der Waals surface area contributed by atoms with Gasteiger partial charge in [-0.2, -0.15) is 0 Å². The molecule has 0 aliphatic carbocycles. The topological polar surface area (TPSA) is 77.1 Å². The lowest BCUT2D eigenvalue weighted by molar-refractivity contribution is -0.125. The molecule has 0 saturated heterocycles. The molecule has 0 saturated carbocycles. The average molecular weight is 464 g/mol. The van der Waals surface area contributed by atoms with E-state index in [2.05, 4.69) is 5.32 Å². The van der Waals surface area contributed by atoms with Crippen LogP contribution >= 0.6 is 0 Å². The van der Waals surface area contributed by atoms with Crippen molar-refractivity contribution in [2.45, 2.75) is 12.0 Å². The van der Waals surface area contributed by atoms with E-state index in [0.29, 0.717) is 28.5 Å². The first-order chi connectivity index (χ1) is 16.5. The number of para-hydroxylation sites is 1. The Kier molecular flexibility index (Phi) is 4.48. The quantitative estimate of drug-likeness (QED) is 0.643. The van der Waals surface area contributed by atoms with Crippen molar-refractivity contribution in [3.8, 4) is 17.2 Å². The smallest absolute Gasteiger partial charge is 0.246 e. The molecule has 1 atom stereocenters. The number of nitrogens with one attached hydrogen (secondary N) is 1. The standard InChI is InChI=1S/C25H18F2N2O5/c26-15-6-5-14(18(27)7-15)10-28-23(30)11-29-19-4-2-1-3-16(19)25(24(29)31)12-32-20-9-22-21(8-17(20)25)33-13-34-22/h1-9H,10-13H2,(H,28,30). The van der Waals surface area contributed by atoms with Gasteiger partial charge in [0, 0.05) is 35.5 Å². The van der Waals surface area contributed by atoms with Gasteiger partial charge in [-0.3, -0.25) is 9.59 Å². The monoisotopic (exact) mass is 464 g/mol. The van der Waals surface area contributed by atoms with Gasteiger partial charge in [-0.15, -0.1) is 0 Å². The lowest BCUT2D eigenvalue weighted by Gasteiger charge is -2.23. The number of ether oxygens (including phenoxy) is 3. The summed E-state index contributed by atoms with van der Waals surface area (Å²) in [4.78, 5) is 28.0. The molecule has 0 fully saturated rings. The minimum atomic E-state index is -1.11. The van der Waals surface area contributed by atoms with Gasteiger partial charge in [0.05, 0.1) is 0 Å². The maximum Gasteiger partial charge on any atom is 0.246 e. The fourth-order valence-electron chi connectivity index (χ4n) is 4.78. The molecule has 0 radical (unpaired) electrons. The average Bonchev–Trinajstić information content (AvgIpc) is 3.50. The Labute approximate surface area is 192 Å². The zero-order valence-corrected chi connectivity index (χ0v) is 17.8. The summed E-state index contributed by atoms with van der Waals surface area (Å²) < 4.78 is 43.9. The Bertz CT molecular complexity index is 1360. The van der Waals surface area contributed by atoms with Crippen LogP contribution in [0.4, 0.5) is 14.5 Å². The van der Waals surface area contributed by atoms with Crippen molar-refractivity contribution in [2.75, 3.05) is 24.8 Å². The van der Waals surface area contributed by atoms with E-state index in [0.717, 1.165) is 17.7 Å². The van der Waals surface area contributed by atoms with Crippen LogP contribution in [-0.2, 0) is 21.5 Å². The number of hydrogen-bond acceptors (Lipinski definition) is 5. The first kappa shape index (κ1) is 20.5. The summed E-state index contributed by atoms with van der Waals surface area (Å²) in [5, 5.41) is 2.61. The number of fused-ring (bicyclic) bond motifs is 5. The molecule has 172 valence electrons. The van der Waals surface area contributed by atoms with Gasteiger partial charge in [0.25, 0.3) is 0 Å². The van der Waals surface area contributed by atoms with Crippen molar-refractivity contribution in [1.29, 1.82) is 0 Å². The Morgan fingerprint density at radius 2 is 1.76 bits per heavy atom. The van der Waals surface area contributed by atoms with E-state index < -0.39 is 23.0 Å². The van der Waals surface area contributed by atoms with Crippen molar-refractivity contribution < 1.29 is 32.6 Å². The van der Waals surface area contributed by atoms with Gasteiger partial charge in [-0.05, 0) is 23.8 Å². The molecule has 34 heavy (non-hydrogen) atoms. The second-order valence-corrected chi connectivity index (χ2v) is 8.32. The molecule has 0 aromatic heterocycles. The second kappa shape index (κ2) is 7.44. The van der Waals surface area contributed by atoms with Crippen LogP contribution in [0.25, 0.3) is 0 Å². The van der Waals surface area contributed by atoms with Crippen molar-refractivity contribution in [3.05, 3.63) is 82.9 Å². The zero-order valence-electron chi connectivity index (χ0n) is 17.8. The first-order valence-electron chi connectivity index (χ1n) is 10.7. The molecule has 3 heterocycles. The van der Waals surface area contributed by atoms with Gasteiger partial charge in [0.2, 0.25) is 18.6 Å². The van der Waals surface area contributed by atoms with Crippen LogP contribution in [0.1, 0.15) is 16.7 Å². The van der Waals surface area contributed by atoms with Crippen LogP contribution in [0.15, 0.2) is 54.6 Å². The maximum absolute atomic E-state index is 13.9. The Morgan fingerprint density at radius 1 is 0.971 bits per heavy atom. The van der Waals surface area contributed by atoms with Crippen molar-refractivity contribution >= 4 is 17.5 Å². The predicted molar refractivity (Wildman–Crippen MR) is 116 cm³/mol. The lowest BCUT2D eigenvalue weighted by Crippen LogP contribution is -2.46. The molecule has 2 amide bonds. The number of carbonyl (C=O) groups excluding carboxylic acids is 2. The molecule has 1 unspecified atom stereocenters. The molecule has 3 aromatic carbocycles.